The van der Waals surface area contributed by atoms with Crippen LogP contribution in [0, 0.1) is 12.3 Å². The third kappa shape index (κ3) is 5.59. The Hall–Kier alpha value is -1.21. The Kier molecular flexibility index (Phi) is 6.88. The molecule has 2 rings (SSSR count). The van der Waals surface area contributed by atoms with Crippen LogP contribution in [-0.4, -0.2) is 11.5 Å². The number of rotatable bonds is 7. The quantitative estimate of drug-likeness (QED) is 0.356. The van der Waals surface area contributed by atoms with Crippen LogP contribution in [0.25, 0.3) is 0 Å². The van der Waals surface area contributed by atoms with Crippen LogP contribution in [0.1, 0.15) is 0 Å². The predicted octanol–water partition coefficient (Wildman–Crippen LogP) is 5.84. The molecule has 3 heteroatoms. The summed E-state index contributed by atoms with van der Waals surface area (Å²) in [6.45, 7) is 3.74. The smallest absolute Gasteiger partial charge is 0.0592 e. The molecule has 0 atom stereocenters. The number of benzene rings is 2. The molecule has 0 unspecified atom stereocenters. The predicted molar refractivity (Wildman–Crippen MR) is 97.5 cm³/mol. The van der Waals surface area contributed by atoms with Gasteiger partial charge in [-0.15, -0.1) is 36.5 Å². The van der Waals surface area contributed by atoms with Gasteiger partial charge in [0, 0.05) is 25.3 Å². The van der Waals surface area contributed by atoms with Crippen molar-refractivity contribution in [2.45, 2.75) is 19.6 Å². The van der Waals surface area contributed by atoms with Crippen LogP contribution < -0.4 is 0 Å². The van der Waals surface area contributed by atoms with Gasteiger partial charge in [0.15, 0.2) is 0 Å². The van der Waals surface area contributed by atoms with E-state index in [0.717, 1.165) is 11.5 Å². The lowest BCUT2D eigenvalue weighted by molar-refractivity contribution is 1.32. The Bertz CT molecular complexity index is 606. The van der Waals surface area contributed by atoms with E-state index in [0.29, 0.717) is 0 Å². The van der Waals surface area contributed by atoms with E-state index < -0.39 is 0 Å². The zero-order valence-electron chi connectivity index (χ0n) is 11.6. The van der Waals surface area contributed by atoms with Crippen LogP contribution in [0.15, 0.2) is 80.8 Å². The number of thioether (sulfide) groups is 2. The molecule has 0 saturated carbocycles. The molecule has 0 aliphatic carbocycles. The van der Waals surface area contributed by atoms with Crippen LogP contribution in [0.4, 0.5) is 0 Å². The summed E-state index contributed by atoms with van der Waals surface area (Å²) >= 11 is 5.26. The van der Waals surface area contributed by atoms with E-state index in [2.05, 4.69) is 61.0 Å². The van der Waals surface area contributed by atoms with Gasteiger partial charge in [-0.3, -0.25) is 0 Å². The average molecular weight is 329 g/mol. The van der Waals surface area contributed by atoms with Crippen molar-refractivity contribution in [3.05, 3.63) is 61.2 Å². The molecule has 0 aliphatic rings. The van der Waals surface area contributed by atoms with E-state index in [1.165, 1.54) is 19.6 Å². The molecule has 0 spiro atoms. The Labute approximate surface area is 139 Å². The molecule has 0 amide bonds. The average Bonchev–Trinajstić information content (AvgIpc) is 2.53. The van der Waals surface area contributed by atoms with E-state index >= 15 is 0 Å². The molecule has 0 heterocycles. The standard InChI is InChI=1S/C18H16S3/c1-3-13-19-15-5-9-17(10-6-15)21-18-11-7-16(8-12-18)20-14-4-2/h1,4-12H,2,13-14H2. The second-order valence-corrected chi connectivity index (χ2v) is 7.43. The largest absolute Gasteiger partial charge is 0.122 e. The van der Waals surface area contributed by atoms with Crippen molar-refractivity contribution in [2.24, 2.45) is 0 Å². The summed E-state index contributed by atoms with van der Waals surface area (Å²) in [6.07, 6.45) is 7.19. The highest BCUT2D eigenvalue weighted by Gasteiger charge is 1.99. The minimum Gasteiger partial charge on any atom is -0.122 e. The van der Waals surface area contributed by atoms with Crippen molar-refractivity contribution >= 4 is 35.3 Å². The fourth-order valence-electron chi connectivity index (χ4n) is 1.62. The molecule has 2 aromatic rings. The first-order chi connectivity index (χ1) is 10.3. The van der Waals surface area contributed by atoms with Crippen molar-refractivity contribution < 1.29 is 0 Å². The van der Waals surface area contributed by atoms with E-state index in [-0.39, 0.29) is 0 Å². The molecular weight excluding hydrogens is 312 g/mol. The van der Waals surface area contributed by atoms with Crippen LogP contribution in [-0.2, 0) is 0 Å². The lowest BCUT2D eigenvalue weighted by Gasteiger charge is -2.04. The Morgan fingerprint density at radius 2 is 1.33 bits per heavy atom. The van der Waals surface area contributed by atoms with Crippen molar-refractivity contribution in [3.63, 3.8) is 0 Å². The summed E-state index contributed by atoms with van der Waals surface area (Å²) < 4.78 is 0. The van der Waals surface area contributed by atoms with Gasteiger partial charge in [-0.1, -0.05) is 23.8 Å². The molecule has 21 heavy (non-hydrogen) atoms. The second-order valence-electron chi connectivity index (χ2n) is 4.14. The van der Waals surface area contributed by atoms with Crippen LogP contribution in [0.2, 0.25) is 0 Å². The van der Waals surface area contributed by atoms with E-state index in [4.69, 9.17) is 6.42 Å². The van der Waals surface area contributed by atoms with Gasteiger partial charge in [0.25, 0.3) is 0 Å². The Morgan fingerprint density at radius 1 is 0.857 bits per heavy atom. The monoisotopic (exact) mass is 328 g/mol. The second kappa shape index (κ2) is 8.94. The van der Waals surface area contributed by atoms with E-state index in [1.54, 1.807) is 35.3 Å². The highest BCUT2D eigenvalue weighted by atomic mass is 32.2. The summed E-state index contributed by atoms with van der Waals surface area (Å²) in [7, 11) is 0. The normalized spacial score (nSPS) is 10.0. The van der Waals surface area contributed by atoms with Crippen molar-refractivity contribution in [1.82, 2.24) is 0 Å². The van der Waals surface area contributed by atoms with Crippen LogP contribution in [0.5, 0.6) is 0 Å². The highest BCUT2D eigenvalue weighted by Crippen LogP contribution is 2.31. The molecule has 0 aliphatic heterocycles. The van der Waals surface area contributed by atoms with Gasteiger partial charge >= 0.3 is 0 Å². The minimum atomic E-state index is 0.719. The summed E-state index contributed by atoms with van der Waals surface area (Å²) in [5.41, 5.74) is 0. The summed E-state index contributed by atoms with van der Waals surface area (Å²) in [5.74, 6) is 4.31. The fourth-order valence-corrected chi connectivity index (χ4v) is 3.66. The van der Waals surface area contributed by atoms with Crippen molar-refractivity contribution in [1.29, 1.82) is 0 Å². The summed E-state index contributed by atoms with van der Waals surface area (Å²) in [4.78, 5) is 4.99. The number of hydrogen-bond acceptors (Lipinski definition) is 3. The zero-order valence-corrected chi connectivity index (χ0v) is 14.1. The molecule has 0 fully saturated rings. The fraction of sp³-hybridized carbons (Fsp3) is 0.111. The lowest BCUT2D eigenvalue weighted by atomic mass is 10.4. The molecule has 0 nitrogen and oxygen atoms in total. The first-order valence-corrected chi connectivity index (χ1v) is 9.28. The molecule has 0 bridgehead atoms. The maximum absolute atomic E-state index is 5.27. The molecule has 2 aromatic carbocycles. The van der Waals surface area contributed by atoms with Crippen molar-refractivity contribution in [3.8, 4) is 12.3 Å². The summed E-state index contributed by atoms with van der Waals surface area (Å²) in [5, 5.41) is 0. The third-order valence-electron chi connectivity index (χ3n) is 2.57. The van der Waals surface area contributed by atoms with Crippen molar-refractivity contribution in [2.75, 3.05) is 11.5 Å². The highest BCUT2D eigenvalue weighted by molar-refractivity contribution is 8.00. The van der Waals surface area contributed by atoms with E-state index in [1.807, 2.05) is 6.08 Å². The van der Waals surface area contributed by atoms with Crippen LogP contribution >= 0.6 is 35.3 Å². The van der Waals surface area contributed by atoms with Gasteiger partial charge in [0.1, 0.15) is 0 Å². The van der Waals surface area contributed by atoms with Gasteiger partial charge < -0.3 is 0 Å². The molecule has 106 valence electrons. The minimum absolute atomic E-state index is 0.719. The van der Waals surface area contributed by atoms with Gasteiger partial charge in [-0.05, 0) is 48.5 Å². The first-order valence-electron chi connectivity index (χ1n) is 6.50. The third-order valence-corrected chi connectivity index (χ3v) is 5.51. The molecular formula is C18H16S3. The number of terminal acetylenes is 1. The maximum Gasteiger partial charge on any atom is 0.0592 e. The molecule has 0 N–H and O–H groups in total. The zero-order chi connectivity index (χ0) is 14.9. The van der Waals surface area contributed by atoms with Gasteiger partial charge in [-0.2, -0.15) is 0 Å². The molecule has 0 aromatic heterocycles. The first kappa shape index (κ1) is 16.2. The summed E-state index contributed by atoms with van der Waals surface area (Å²) in [6, 6.07) is 17.2. The number of hydrogen-bond donors (Lipinski definition) is 0. The maximum atomic E-state index is 5.27. The van der Waals surface area contributed by atoms with Gasteiger partial charge in [0.2, 0.25) is 0 Å². The van der Waals surface area contributed by atoms with Gasteiger partial charge in [-0.25, -0.2) is 0 Å². The molecule has 0 radical (unpaired) electrons. The van der Waals surface area contributed by atoms with Gasteiger partial charge in [0.05, 0.1) is 5.75 Å². The Balaban J connectivity index is 1.94. The molecule has 0 saturated heterocycles. The lowest BCUT2D eigenvalue weighted by Crippen LogP contribution is -1.78. The SMILES string of the molecule is C#CCSc1ccc(Sc2ccc(SCC=C)cc2)cc1. The van der Waals surface area contributed by atoms with Crippen LogP contribution in [0.3, 0.4) is 0 Å². The van der Waals surface area contributed by atoms with E-state index in [9.17, 15) is 0 Å². The topological polar surface area (TPSA) is 0 Å². The Morgan fingerprint density at radius 3 is 1.81 bits per heavy atom.